The average molecular weight is 346 g/mol. The summed E-state index contributed by atoms with van der Waals surface area (Å²) in [7, 11) is 2.01. The molecule has 1 atom stereocenters. The van der Waals surface area contributed by atoms with Crippen molar-refractivity contribution in [1.29, 1.82) is 0 Å². The van der Waals surface area contributed by atoms with Gasteiger partial charge in [-0.1, -0.05) is 6.92 Å². The van der Waals surface area contributed by atoms with Crippen molar-refractivity contribution in [2.45, 2.75) is 32.4 Å². The van der Waals surface area contributed by atoms with Crippen molar-refractivity contribution in [1.82, 2.24) is 15.3 Å². The Hall–Kier alpha value is -1.99. The zero-order valence-electron chi connectivity index (χ0n) is 14.0. The standard InChI is InChI=1S/C17H22N4O2S/c1-3-13-11-24-16(20-13)9-19-17(22)12-4-5-15(18-8-12)21(2)14-6-7-23-10-14/h4-5,8,11,14H,3,6-7,9-10H2,1-2H3,(H,19,22)/t14-/m1/s1. The molecule has 6 nitrogen and oxygen atoms in total. The summed E-state index contributed by atoms with van der Waals surface area (Å²) >= 11 is 1.57. The van der Waals surface area contributed by atoms with E-state index in [0.29, 0.717) is 18.2 Å². The summed E-state index contributed by atoms with van der Waals surface area (Å²) in [5.41, 5.74) is 1.62. The Labute approximate surface area is 145 Å². The molecule has 0 aromatic carbocycles. The van der Waals surface area contributed by atoms with Crippen LogP contribution in [0.5, 0.6) is 0 Å². The number of rotatable bonds is 6. The summed E-state index contributed by atoms with van der Waals surface area (Å²) in [5, 5.41) is 5.84. The lowest BCUT2D eigenvalue weighted by Gasteiger charge is -2.24. The van der Waals surface area contributed by atoms with Crippen molar-refractivity contribution < 1.29 is 9.53 Å². The Kier molecular flexibility index (Phi) is 5.42. The Morgan fingerprint density at radius 2 is 2.38 bits per heavy atom. The minimum Gasteiger partial charge on any atom is -0.379 e. The fraction of sp³-hybridized carbons (Fsp3) is 0.471. The van der Waals surface area contributed by atoms with Gasteiger partial charge in [-0.25, -0.2) is 9.97 Å². The number of nitrogens with one attached hydrogen (secondary N) is 1. The van der Waals surface area contributed by atoms with Crippen LogP contribution < -0.4 is 10.2 Å². The van der Waals surface area contributed by atoms with Crippen molar-refractivity contribution in [2.24, 2.45) is 0 Å². The van der Waals surface area contributed by atoms with Crippen LogP contribution in [0.2, 0.25) is 0 Å². The first-order valence-electron chi connectivity index (χ1n) is 8.15. The SMILES string of the molecule is CCc1csc(CNC(=O)c2ccc(N(C)[C@@H]3CCOC3)nc2)n1. The molecule has 3 heterocycles. The number of carbonyl (C=O) groups is 1. The molecule has 2 aromatic heterocycles. The molecule has 0 unspecified atom stereocenters. The molecule has 1 N–H and O–H groups in total. The topological polar surface area (TPSA) is 67.4 Å². The van der Waals surface area contributed by atoms with E-state index in [4.69, 9.17) is 4.74 Å². The number of nitrogens with zero attached hydrogens (tertiary/aromatic N) is 3. The van der Waals surface area contributed by atoms with Crippen molar-refractivity contribution >= 4 is 23.1 Å². The fourth-order valence-corrected chi connectivity index (χ4v) is 3.41. The average Bonchev–Trinajstić information content (AvgIpc) is 3.30. The molecule has 0 spiro atoms. The zero-order chi connectivity index (χ0) is 16.9. The minimum atomic E-state index is -0.130. The van der Waals surface area contributed by atoms with Crippen LogP contribution in [0, 0.1) is 0 Å². The Balaban J connectivity index is 1.57. The normalized spacial score (nSPS) is 17.0. The summed E-state index contributed by atoms with van der Waals surface area (Å²) in [5.74, 6) is 0.726. The molecule has 128 valence electrons. The molecule has 0 aliphatic carbocycles. The number of likely N-dealkylation sites (N-methyl/N-ethyl adjacent to an activating group) is 1. The number of hydrogen-bond acceptors (Lipinski definition) is 6. The van der Waals surface area contributed by atoms with E-state index in [1.54, 1.807) is 17.5 Å². The maximum absolute atomic E-state index is 12.2. The molecule has 0 bridgehead atoms. The zero-order valence-corrected chi connectivity index (χ0v) is 14.8. The first kappa shape index (κ1) is 16.9. The number of aryl methyl sites for hydroxylation is 1. The second kappa shape index (κ2) is 7.72. The number of ether oxygens (including phenoxy) is 1. The van der Waals surface area contributed by atoms with E-state index in [2.05, 4.69) is 27.1 Å². The number of thiazole rings is 1. The van der Waals surface area contributed by atoms with Gasteiger partial charge in [-0.05, 0) is 25.0 Å². The van der Waals surface area contributed by atoms with Gasteiger partial charge in [-0.2, -0.15) is 0 Å². The van der Waals surface area contributed by atoms with Gasteiger partial charge in [0.1, 0.15) is 10.8 Å². The highest BCUT2D eigenvalue weighted by atomic mass is 32.1. The quantitative estimate of drug-likeness (QED) is 0.869. The summed E-state index contributed by atoms with van der Waals surface area (Å²) in [6, 6.07) is 4.05. The maximum Gasteiger partial charge on any atom is 0.253 e. The van der Waals surface area contributed by atoms with Crippen LogP contribution in [0.1, 0.15) is 34.4 Å². The molecule has 3 rings (SSSR count). The van der Waals surface area contributed by atoms with Crippen LogP contribution in [0.25, 0.3) is 0 Å². The van der Waals surface area contributed by atoms with Crippen molar-refractivity contribution in [3.05, 3.63) is 40.0 Å². The first-order valence-corrected chi connectivity index (χ1v) is 9.03. The van der Waals surface area contributed by atoms with E-state index < -0.39 is 0 Å². The van der Waals surface area contributed by atoms with Crippen LogP contribution in [0.3, 0.4) is 0 Å². The van der Waals surface area contributed by atoms with Gasteiger partial charge in [0.05, 0.1) is 30.5 Å². The number of hydrogen-bond donors (Lipinski definition) is 1. The molecule has 1 aliphatic heterocycles. The molecule has 1 aliphatic rings. The van der Waals surface area contributed by atoms with E-state index in [1.807, 2.05) is 24.6 Å². The molecule has 0 saturated carbocycles. The smallest absolute Gasteiger partial charge is 0.253 e. The van der Waals surface area contributed by atoms with Crippen LogP contribution in [-0.2, 0) is 17.7 Å². The number of carbonyl (C=O) groups excluding carboxylic acids is 1. The molecule has 0 radical (unpaired) electrons. The van der Waals surface area contributed by atoms with E-state index in [9.17, 15) is 4.79 Å². The monoisotopic (exact) mass is 346 g/mol. The Morgan fingerprint density at radius 3 is 3.00 bits per heavy atom. The van der Waals surface area contributed by atoms with Crippen molar-refractivity contribution in [2.75, 3.05) is 25.2 Å². The van der Waals surface area contributed by atoms with E-state index in [-0.39, 0.29) is 5.91 Å². The fourth-order valence-electron chi connectivity index (χ4n) is 2.59. The maximum atomic E-state index is 12.2. The lowest BCUT2D eigenvalue weighted by molar-refractivity contribution is 0.0950. The molecular formula is C17H22N4O2S. The number of amides is 1. The molecular weight excluding hydrogens is 324 g/mol. The van der Waals surface area contributed by atoms with Gasteiger partial charge < -0.3 is 15.0 Å². The van der Waals surface area contributed by atoms with Crippen molar-refractivity contribution in [3.8, 4) is 0 Å². The first-order chi connectivity index (χ1) is 11.7. The Bertz CT molecular complexity index is 680. The summed E-state index contributed by atoms with van der Waals surface area (Å²) in [6.07, 6.45) is 3.54. The predicted octanol–water partition coefficient (Wildman–Crippen LogP) is 2.26. The highest BCUT2D eigenvalue weighted by Gasteiger charge is 2.21. The summed E-state index contributed by atoms with van der Waals surface area (Å²) in [4.78, 5) is 23.2. The molecule has 24 heavy (non-hydrogen) atoms. The van der Waals surface area contributed by atoms with Crippen LogP contribution >= 0.6 is 11.3 Å². The lowest BCUT2D eigenvalue weighted by Crippen LogP contribution is -2.32. The predicted molar refractivity (Wildman–Crippen MR) is 94.5 cm³/mol. The summed E-state index contributed by atoms with van der Waals surface area (Å²) in [6.45, 7) is 4.05. The van der Waals surface area contributed by atoms with E-state index >= 15 is 0 Å². The second-order valence-electron chi connectivity index (χ2n) is 5.80. The number of anilines is 1. The van der Waals surface area contributed by atoms with Gasteiger partial charge in [0.25, 0.3) is 5.91 Å². The third-order valence-electron chi connectivity index (χ3n) is 4.19. The molecule has 2 aromatic rings. The largest absolute Gasteiger partial charge is 0.379 e. The van der Waals surface area contributed by atoms with Gasteiger partial charge >= 0.3 is 0 Å². The lowest BCUT2D eigenvalue weighted by atomic mass is 10.2. The number of pyridine rings is 1. The minimum absolute atomic E-state index is 0.130. The molecule has 1 fully saturated rings. The number of aromatic nitrogens is 2. The van der Waals surface area contributed by atoms with Gasteiger partial charge in [-0.15, -0.1) is 11.3 Å². The molecule has 1 saturated heterocycles. The third kappa shape index (κ3) is 3.91. The van der Waals surface area contributed by atoms with Gasteiger partial charge in [0.2, 0.25) is 0 Å². The molecule has 7 heteroatoms. The highest BCUT2D eigenvalue weighted by molar-refractivity contribution is 7.09. The van der Waals surface area contributed by atoms with E-state index in [1.165, 1.54) is 0 Å². The van der Waals surface area contributed by atoms with Gasteiger partial charge in [-0.3, -0.25) is 4.79 Å². The Morgan fingerprint density at radius 1 is 1.50 bits per heavy atom. The third-order valence-corrected chi connectivity index (χ3v) is 5.08. The highest BCUT2D eigenvalue weighted by Crippen LogP contribution is 2.18. The van der Waals surface area contributed by atoms with Crippen LogP contribution in [0.15, 0.2) is 23.7 Å². The van der Waals surface area contributed by atoms with Crippen LogP contribution in [0.4, 0.5) is 5.82 Å². The summed E-state index contributed by atoms with van der Waals surface area (Å²) < 4.78 is 5.41. The second-order valence-corrected chi connectivity index (χ2v) is 6.74. The molecule has 1 amide bonds. The van der Waals surface area contributed by atoms with Crippen LogP contribution in [-0.4, -0.2) is 42.2 Å². The van der Waals surface area contributed by atoms with Gasteiger partial charge in [0.15, 0.2) is 0 Å². The van der Waals surface area contributed by atoms with Crippen molar-refractivity contribution in [3.63, 3.8) is 0 Å². The van der Waals surface area contributed by atoms with E-state index in [0.717, 1.165) is 42.6 Å². The van der Waals surface area contributed by atoms with Gasteiger partial charge in [0, 0.05) is 25.2 Å².